The average molecular weight is 212 g/mol. The third-order valence-corrected chi connectivity index (χ3v) is 3.03. The van der Waals surface area contributed by atoms with Crippen molar-refractivity contribution in [2.45, 2.75) is 58.5 Å². The molecule has 88 valence electrons. The topological polar surface area (TPSA) is 32.3 Å². The van der Waals surface area contributed by atoms with Gasteiger partial charge in [0.15, 0.2) is 0 Å². The van der Waals surface area contributed by atoms with Crippen molar-refractivity contribution in [1.29, 1.82) is 0 Å². The van der Waals surface area contributed by atoms with Crippen LogP contribution in [0.5, 0.6) is 0 Å². The molecule has 1 saturated heterocycles. The van der Waals surface area contributed by atoms with Gasteiger partial charge in [0.2, 0.25) is 5.91 Å². The molecule has 1 atom stereocenters. The van der Waals surface area contributed by atoms with Gasteiger partial charge in [0, 0.05) is 25.0 Å². The Morgan fingerprint density at radius 2 is 2.27 bits per heavy atom. The molecule has 3 nitrogen and oxygen atoms in total. The predicted octanol–water partition coefficient (Wildman–Crippen LogP) is 1.78. The number of piperidine rings is 1. The predicted molar refractivity (Wildman–Crippen MR) is 62.8 cm³/mol. The summed E-state index contributed by atoms with van der Waals surface area (Å²) in [4.78, 5) is 13.9. The maximum atomic E-state index is 11.5. The molecule has 1 rings (SSSR count). The third-order valence-electron chi connectivity index (χ3n) is 3.03. The normalized spacial score (nSPS) is 23.1. The highest BCUT2D eigenvalue weighted by Crippen LogP contribution is 2.12. The Bertz CT molecular complexity index is 204. The van der Waals surface area contributed by atoms with Gasteiger partial charge in [-0.2, -0.15) is 0 Å². The molecule has 0 saturated carbocycles. The molecule has 0 bridgehead atoms. The first-order chi connectivity index (χ1) is 7.13. The lowest BCUT2D eigenvalue weighted by Gasteiger charge is -2.35. The lowest BCUT2D eigenvalue weighted by atomic mass is 10.0. The zero-order chi connectivity index (χ0) is 11.3. The largest absolute Gasteiger partial charge is 0.352 e. The van der Waals surface area contributed by atoms with Crippen LogP contribution < -0.4 is 5.32 Å². The second-order valence-electron chi connectivity index (χ2n) is 4.75. The average Bonchev–Trinajstić information content (AvgIpc) is 2.18. The fourth-order valence-electron chi connectivity index (χ4n) is 2.12. The Labute approximate surface area is 93.2 Å². The molecule has 1 fully saturated rings. The number of likely N-dealkylation sites (tertiary alicyclic amines) is 1. The second kappa shape index (κ2) is 6.11. The molecule has 0 aromatic heterocycles. The zero-order valence-electron chi connectivity index (χ0n) is 10.3. The molecule has 0 aliphatic carbocycles. The van der Waals surface area contributed by atoms with Crippen LogP contribution in [0.3, 0.4) is 0 Å². The van der Waals surface area contributed by atoms with E-state index in [4.69, 9.17) is 0 Å². The fourth-order valence-corrected chi connectivity index (χ4v) is 2.12. The van der Waals surface area contributed by atoms with Gasteiger partial charge in [0.1, 0.15) is 0 Å². The summed E-state index contributed by atoms with van der Waals surface area (Å²) in [6.45, 7) is 8.68. The summed E-state index contributed by atoms with van der Waals surface area (Å²) >= 11 is 0. The Morgan fingerprint density at radius 3 is 2.87 bits per heavy atom. The Balaban J connectivity index is 2.33. The molecular weight excluding hydrogens is 188 g/mol. The van der Waals surface area contributed by atoms with Crippen LogP contribution >= 0.6 is 0 Å². The van der Waals surface area contributed by atoms with Crippen molar-refractivity contribution >= 4 is 5.91 Å². The van der Waals surface area contributed by atoms with E-state index in [2.05, 4.69) is 24.1 Å². The standard InChI is InChI=1S/C12H24N2O/c1-4-6-12(15)13-11-7-5-8-14(9-11)10(2)3/h10-11H,4-9H2,1-3H3,(H,13,15). The van der Waals surface area contributed by atoms with Crippen LogP contribution in [0.15, 0.2) is 0 Å². The highest BCUT2D eigenvalue weighted by Gasteiger charge is 2.22. The Hall–Kier alpha value is -0.570. The number of hydrogen-bond donors (Lipinski definition) is 1. The number of rotatable bonds is 4. The van der Waals surface area contributed by atoms with E-state index in [-0.39, 0.29) is 5.91 Å². The van der Waals surface area contributed by atoms with Crippen molar-refractivity contribution in [2.75, 3.05) is 13.1 Å². The number of amides is 1. The molecule has 0 spiro atoms. The minimum Gasteiger partial charge on any atom is -0.352 e. The highest BCUT2D eigenvalue weighted by molar-refractivity contribution is 5.76. The van der Waals surface area contributed by atoms with Crippen LogP contribution in [0.4, 0.5) is 0 Å². The van der Waals surface area contributed by atoms with Gasteiger partial charge in [-0.3, -0.25) is 9.69 Å². The van der Waals surface area contributed by atoms with E-state index < -0.39 is 0 Å². The van der Waals surface area contributed by atoms with Crippen LogP contribution in [0, 0.1) is 0 Å². The van der Waals surface area contributed by atoms with Crippen molar-refractivity contribution in [3.8, 4) is 0 Å². The first-order valence-corrected chi connectivity index (χ1v) is 6.17. The number of nitrogens with one attached hydrogen (secondary N) is 1. The summed E-state index contributed by atoms with van der Waals surface area (Å²) in [5.41, 5.74) is 0. The van der Waals surface area contributed by atoms with Gasteiger partial charge in [0.25, 0.3) is 0 Å². The quantitative estimate of drug-likeness (QED) is 0.770. The summed E-state index contributed by atoms with van der Waals surface area (Å²) in [5.74, 6) is 0.216. The van der Waals surface area contributed by atoms with Gasteiger partial charge in [-0.15, -0.1) is 0 Å². The molecular formula is C12H24N2O. The molecule has 0 aromatic carbocycles. The maximum absolute atomic E-state index is 11.5. The van der Waals surface area contributed by atoms with Crippen molar-refractivity contribution in [1.82, 2.24) is 10.2 Å². The van der Waals surface area contributed by atoms with Crippen LogP contribution in [-0.2, 0) is 4.79 Å². The molecule has 3 heteroatoms. The molecule has 1 aliphatic rings. The van der Waals surface area contributed by atoms with Crippen molar-refractivity contribution in [2.24, 2.45) is 0 Å². The Kier molecular flexibility index (Phi) is 5.09. The lowest BCUT2D eigenvalue weighted by molar-refractivity contribution is -0.122. The molecule has 1 aliphatic heterocycles. The molecule has 1 unspecified atom stereocenters. The van der Waals surface area contributed by atoms with E-state index in [1.54, 1.807) is 0 Å². The van der Waals surface area contributed by atoms with E-state index in [0.29, 0.717) is 18.5 Å². The van der Waals surface area contributed by atoms with E-state index in [0.717, 1.165) is 19.4 Å². The summed E-state index contributed by atoms with van der Waals surface area (Å²) in [6, 6.07) is 0.969. The van der Waals surface area contributed by atoms with Crippen molar-refractivity contribution in [3.63, 3.8) is 0 Å². The summed E-state index contributed by atoms with van der Waals surface area (Å²) in [6.07, 6.45) is 3.94. The maximum Gasteiger partial charge on any atom is 0.220 e. The van der Waals surface area contributed by atoms with Crippen molar-refractivity contribution in [3.05, 3.63) is 0 Å². The van der Waals surface area contributed by atoms with E-state index in [9.17, 15) is 4.79 Å². The number of carbonyl (C=O) groups is 1. The van der Waals surface area contributed by atoms with Gasteiger partial charge < -0.3 is 5.32 Å². The number of nitrogens with zero attached hydrogens (tertiary/aromatic N) is 1. The summed E-state index contributed by atoms with van der Waals surface area (Å²) in [7, 11) is 0. The monoisotopic (exact) mass is 212 g/mol. The SMILES string of the molecule is CCCC(=O)NC1CCCN(C(C)C)C1. The zero-order valence-corrected chi connectivity index (χ0v) is 10.3. The van der Waals surface area contributed by atoms with E-state index in [1.807, 2.05) is 6.92 Å². The van der Waals surface area contributed by atoms with E-state index >= 15 is 0 Å². The van der Waals surface area contributed by atoms with Gasteiger partial charge in [-0.25, -0.2) is 0 Å². The van der Waals surface area contributed by atoms with Gasteiger partial charge in [-0.05, 0) is 39.7 Å². The van der Waals surface area contributed by atoms with Crippen LogP contribution in [0.1, 0.15) is 46.5 Å². The van der Waals surface area contributed by atoms with E-state index in [1.165, 1.54) is 13.0 Å². The Morgan fingerprint density at radius 1 is 1.53 bits per heavy atom. The smallest absolute Gasteiger partial charge is 0.220 e. The minimum absolute atomic E-state index is 0.216. The van der Waals surface area contributed by atoms with Gasteiger partial charge in [-0.1, -0.05) is 6.92 Å². The number of carbonyl (C=O) groups excluding carboxylic acids is 1. The molecule has 15 heavy (non-hydrogen) atoms. The third kappa shape index (κ3) is 4.20. The molecule has 1 N–H and O–H groups in total. The van der Waals surface area contributed by atoms with Crippen LogP contribution in [-0.4, -0.2) is 36.0 Å². The summed E-state index contributed by atoms with van der Waals surface area (Å²) < 4.78 is 0. The van der Waals surface area contributed by atoms with Crippen molar-refractivity contribution < 1.29 is 4.79 Å². The lowest BCUT2D eigenvalue weighted by Crippen LogP contribution is -2.49. The highest BCUT2D eigenvalue weighted by atomic mass is 16.1. The first-order valence-electron chi connectivity index (χ1n) is 6.17. The first kappa shape index (κ1) is 12.5. The number of hydrogen-bond acceptors (Lipinski definition) is 2. The van der Waals surface area contributed by atoms with Crippen LogP contribution in [0.2, 0.25) is 0 Å². The minimum atomic E-state index is 0.216. The fraction of sp³-hybridized carbons (Fsp3) is 0.917. The molecule has 0 radical (unpaired) electrons. The molecule has 1 amide bonds. The summed E-state index contributed by atoms with van der Waals surface area (Å²) in [5, 5.41) is 3.12. The van der Waals surface area contributed by atoms with Crippen LogP contribution in [0.25, 0.3) is 0 Å². The second-order valence-corrected chi connectivity index (χ2v) is 4.75. The molecule has 1 heterocycles. The molecule has 0 aromatic rings. The van der Waals surface area contributed by atoms with Gasteiger partial charge >= 0.3 is 0 Å². The van der Waals surface area contributed by atoms with Gasteiger partial charge in [0.05, 0.1) is 0 Å².